The Hall–Kier alpha value is -2.00. The van der Waals surface area contributed by atoms with E-state index in [1.165, 1.54) is 0 Å². The topological polar surface area (TPSA) is 111 Å². The lowest BCUT2D eigenvalue weighted by Crippen LogP contribution is -2.18. The fraction of sp³-hybridized carbons (Fsp3) is 0.636. The third-order valence-electron chi connectivity index (χ3n) is 2.41. The van der Waals surface area contributed by atoms with Crippen molar-refractivity contribution in [3.8, 4) is 0 Å². The zero-order valence-electron chi connectivity index (χ0n) is 11.5. The van der Waals surface area contributed by atoms with Crippen LogP contribution in [0.3, 0.4) is 0 Å². The number of rotatable bonds is 9. The molecule has 0 radical (unpaired) electrons. The van der Waals surface area contributed by atoms with Gasteiger partial charge in [0.25, 0.3) is 0 Å². The van der Waals surface area contributed by atoms with Crippen LogP contribution >= 0.6 is 0 Å². The molecule has 0 spiro atoms. The molecular weight excluding hydrogens is 264 g/mol. The Morgan fingerprint density at radius 1 is 1.20 bits per heavy atom. The number of hydrogen-bond donors (Lipinski definition) is 2. The molecule has 0 bridgehead atoms. The summed E-state index contributed by atoms with van der Waals surface area (Å²) >= 11 is 0. The first-order chi connectivity index (χ1) is 9.78. The highest BCUT2D eigenvalue weighted by Crippen LogP contribution is 2.05. The summed E-state index contributed by atoms with van der Waals surface area (Å²) in [6, 6.07) is 0.379. The van der Waals surface area contributed by atoms with Crippen molar-refractivity contribution in [3.05, 3.63) is 17.6 Å². The molecular formula is C11H18N6O3. The van der Waals surface area contributed by atoms with E-state index < -0.39 is 0 Å². The van der Waals surface area contributed by atoms with Crippen LogP contribution in [0.4, 0.5) is 6.01 Å². The van der Waals surface area contributed by atoms with Crippen molar-refractivity contribution in [2.75, 3.05) is 32.1 Å². The van der Waals surface area contributed by atoms with Gasteiger partial charge in [-0.15, -0.1) is 5.10 Å². The molecule has 2 aromatic rings. The number of methoxy groups -OCH3 is 1. The minimum absolute atomic E-state index is 0.379. The standard InChI is InChI=1S/C11H18N6O3/c1-8-14-9(20-17-8)3-4-13-11-16-15-10(19-11)7-12-5-6-18-2/h12H,3-7H2,1-2H3,(H,13,16). The molecule has 20 heavy (non-hydrogen) atoms. The molecule has 0 saturated carbocycles. The van der Waals surface area contributed by atoms with Crippen molar-refractivity contribution < 1.29 is 13.7 Å². The van der Waals surface area contributed by atoms with Gasteiger partial charge in [0, 0.05) is 26.6 Å². The van der Waals surface area contributed by atoms with Crippen LogP contribution in [0.1, 0.15) is 17.6 Å². The molecule has 0 fully saturated rings. The van der Waals surface area contributed by atoms with Crippen molar-refractivity contribution in [1.82, 2.24) is 25.7 Å². The molecule has 110 valence electrons. The van der Waals surface area contributed by atoms with Gasteiger partial charge in [0.2, 0.25) is 11.8 Å². The average molecular weight is 282 g/mol. The van der Waals surface area contributed by atoms with Crippen LogP contribution in [0.15, 0.2) is 8.94 Å². The van der Waals surface area contributed by atoms with Gasteiger partial charge in [-0.25, -0.2) is 0 Å². The van der Waals surface area contributed by atoms with E-state index in [-0.39, 0.29) is 0 Å². The maximum absolute atomic E-state index is 5.40. The van der Waals surface area contributed by atoms with Crippen LogP contribution in [0.5, 0.6) is 0 Å². The lowest BCUT2D eigenvalue weighted by molar-refractivity contribution is 0.198. The van der Waals surface area contributed by atoms with E-state index >= 15 is 0 Å². The molecule has 0 unspecified atom stereocenters. The van der Waals surface area contributed by atoms with Crippen molar-refractivity contribution >= 4 is 6.01 Å². The monoisotopic (exact) mass is 282 g/mol. The second-order valence-electron chi connectivity index (χ2n) is 4.08. The largest absolute Gasteiger partial charge is 0.407 e. The molecule has 2 aromatic heterocycles. The number of anilines is 1. The van der Waals surface area contributed by atoms with E-state index in [9.17, 15) is 0 Å². The minimum atomic E-state index is 0.379. The van der Waals surface area contributed by atoms with Crippen molar-refractivity contribution in [2.24, 2.45) is 0 Å². The molecule has 2 N–H and O–H groups in total. The number of aryl methyl sites for hydroxylation is 1. The van der Waals surface area contributed by atoms with Gasteiger partial charge in [-0.3, -0.25) is 0 Å². The van der Waals surface area contributed by atoms with Crippen molar-refractivity contribution in [3.63, 3.8) is 0 Å². The summed E-state index contributed by atoms with van der Waals surface area (Å²) in [7, 11) is 1.65. The van der Waals surface area contributed by atoms with Crippen LogP contribution in [0.2, 0.25) is 0 Å². The zero-order valence-corrected chi connectivity index (χ0v) is 11.5. The molecule has 0 aliphatic rings. The van der Waals surface area contributed by atoms with Crippen LogP contribution in [-0.4, -0.2) is 47.1 Å². The van der Waals surface area contributed by atoms with Crippen molar-refractivity contribution in [1.29, 1.82) is 0 Å². The molecule has 0 atom stereocenters. The Morgan fingerprint density at radius 3 is 2.85 bits per heavy atom. The van der Waals surface area contributed by atoms with Gasteiger partial charge in [-0.2, -0.15) is 4.98 Å². The third kappa shape index (κ3) is 4.59. The number of hydrogen-bond acceptors (Lipinski definition) is 9. The molecule has 0 aliphatic heterocycles. The summed E-state index contributed by atoms with van der Waals surface area (Å²) in [5.41, 5.74) is 0. The lowest BCUT2D eigenvalue weighted by atomic mass is 10.4. The molecule has 9 heteroatoms. The molecule has 2 heterocycles. The van der Waals surface area contributed by atoms with Crippen LogP contribution in [0, 0.1) is 6.92 Å². The van der Waals surface area contributed by atoms with E-state index in [1.807, 2.05) is 0 Å². The summed E-state index contributed by atoms with van der Waals surface area (Å²) < 4.78 is 15.3. The van der Waals surface area contributed by atoms with Crippen molar-refractivity contribution in [2.45, 2.75) is 19.9 Å². The van der Waals surface area contributed by atoms with E-state index in [4.69, 9.17) is 13.7 Å². The Balaban J connectivity index is 1.67. The number of nitrogens with one attached hydrogen (secondary N) is 2. The van der Waals surface area contributed by atoms with Gasteiger partial charge >= 0.3 is 6.01 Å². The second-order valence-corrected chi connectivity index (χ2v) is 4.08. The first kappa shape index (κ1) is 14.4. The maximum atomic E-state index is 5.40. The van der Waals surface area contributed by atoms with Crippen LogP contribution < -0.4 is 10.6 Å². The second kappa shape index (κ2) is 7.56. The van der Waals surface area contributed by atoms with E-state index in [0.29, 0.717) is 49.7 Å². The fourth-order valence-electron chi connectivity index (χ4n) is 1.48. The molecule has 0 aromatic carbocycles. The zero-order chi connectivity index (χ0) is 14.2. The van der Waals surface area contributed by atoms with Gasteiger partial charge in [0.05, 0.1) is 13.2 Å². The Morgan fingerprint density at radius 2 is 2.10 bits per heavy atom. The van der Waals surface area contributed by atoms with Crippen LogP contribution in [-0.2, 0) is 17.7 Å². The van der Waals surface area contributed by atoms with Gasteiger partial charge in [0.1, 0.15) is 0 Å². The summed E-state index contributed by atoms with van der Waals surface area (Å²) in [5.74, 6) is 1.73. The summed E-state index contributed by atoms with van der Waals surface area (Å²) in [6.45, 7) is 4.25. The Labute approximate surface area is 116 Å². The summed E-state index contributed by atoms with van der Waals surface area (Å²) in [5, 5.41) is 17.6. The normalized spacial score (nSPS) is 10.9. The molecule has 9 nitrogen and oxygen atoms in total. The minimum Gasteiger partial charge on any atom is -0.407 e. The Bertz CT molecular complexity index is 512. The molecule has 0 amide bonds. The summed E-state index contributed by atoms with van der Waals surface area (Å²) in [6.07, 6.45) is 0.602. The highest BCUT2D eigenvalue weighted by atomic mass is 16.5. The van der Waals surface area contributed by atoms with E-state index in [0.717, 1.165) is 6.54 Å². The van der Waals surface area contributed by atoms with Gasteiger partial charge < -0.3 is 24.3 Å². The number of ether oxygens (including phenoxy) is 1. The predicted octanol–water partition coefficient (Wildman–Crippen LogP) is 0.152. The first-order valence-electron chi connectivity index (χ1n) is 6.33. The van der Waals surface area contributed by atoms with Gasteiger partial charge in [0.15, 0.2) is 5.82 Å². The summed E-state index contributed by atoms with van der Waals surface area (Å²) in [4.78, 5) is 4.10. The molecule has 2 rings (SSSR count). The molecule has 0 saturated heterocycles. The maximum Gasteiger partial charge on any atom is 0.315 e. The smallest absolute Gasteiger partial charge is 0.315 e. The highest BCUT2D eigenvalue weighted by molar-refractivity contribution is 5.16. The first-order valence-corrected chi connectivity index (χ1v) is 6.33. The van der Waals surface area contributed by atoms with Gasteiger partial charge in [-0.1, -0.05) is 10.3 Å². The average Bonchev–Trinajstić information content (AvgIpc) is 3.05. The molecule has 0 aliphatic carbocycles. The lowest BCUT2D eigenvalue weighted by Gasteiger charge is -1.99. The van der Waals surface area contributed by atoms with Crippen LogP contribution in [0.25, 0.3) is 0 Å². The van der Waals surface area contributed by atoms with Gasteiger partial charge in [-0.05, 0) is 6.92 Å². The SMILES string of the molecule is COCCNCc1nnc(NCCc2nc(C)no2)o1. The number of nitrogens with zero attached hydrogens (tertiary/aromatic N) is 4. The third-order valence-corrected chi connectivity index (χ3v) is 2.41. The quantitative estimate of drug-likeness (QED) is 0.621. The fourth-order valence-corrected chi connectivity index (χ4v) is 1.48. The highest BCUT2D eigenvalue weighted by Gasteiger charge is 2.06. The number of aromatic nitrogens is 4. The van der Waals surface area contributed by atoms with E-state index in [2.05, 4.69) is 31.0 Å². The van der Waals surface area contributed by atoms with E-state index in [1.54, 1.807) is 14.0 Å². The predicted molar refractivity (Wildman–Crippen MR) is 69.1 cm³/mol. The Kier molecular flexibility index (Phi) is 5.44.